The lowest BCUT2D eigenvalue weighted by Crippen LogP contribution is -2.26. The van der Waals surface area contributed by atoms with Crippen molar-refractivity contribution in [1.29, 1.82) is 0 Å². The van der Waals surface area contributed by atoms with Gasteiger partial charge in [-0.05, 0) is 43.5 Å². The molecule has 3 rings (SSSR count). The number of thiophene rings is 1. The average molecular weight is 351 g/mol. The molecule has 23 heavy (non-hydrogen) atoms. The van der Waals surface area contributed by atoms with Crippen LogP contribution in [0.4, 0.5) is 5.00 Å². The fraction of sp³-hybridized carbons (Fsp3) is 0.429. The molecule has 9 heteroatoms. The van der Waals surface area contributed by atoms with Crippen LogP contribution in [0.5, 0.6) is 0 Å². The van der Waals surface area contributed by atoms with Crippen molar-refractivity contribution in [2.75, 3.05) is 17.9 Å². The molecule has 0 atom stereocenters. The van der Waals surface area contributed by atoms with Crippen LogP contribution in [0.1, 0.15) is 40.1 Å². The number of rotatable bonds is 3. The standard InChI is InChI=1S/C14H17N5O2S2/c1-21-13(20)11-9-5-3-2-4-6-10(9)23-12(11)17-14(22)18-19-7-15-16-8-19/h7-8H,2-6H2,1H3,(H2,17,18,22). The van der Waals surface area contributed by atoms with Crippen LogP contribution in [0.3, 0.4) is 0 Å². The number of methoxy groups -OCH3 is 1. The van der Waals surface area contributed by atoms with Crippen molar-refractivity contribution in [3.63, 3.8) is 0 Å². The topological polar surface area (TPSA) is 81.1 Å². The van der Waals surface area contributed by atoms with Crippen LogP contribution in [0.2, 0.25) is 0 Å². The summed E-state index contributed by atoms with van der Waals surface area (Å²) in [6.07, 6.45) is 8.34. The molecule has 2 aromatic heterocycles. The van der Waals surface area contributed by atoms with Crippen molar-refractivity contribution in [2.24, 2.45) is 0 Å². The number of aromatic nitrogens is 3. The van der Waals surface area contributed by atoms with Gasteiger partial charge < -0.3 is 10.1 Å². The Bertz CT molecular complexity index is 711. The van der Waals surface area contributed by atoms with Gasteiger partial charge >= 0.3 is 5.97 Å². The highest BCUT2D eigenvalue weighted by Crippen LogP contribution is 2.37. The highest BCUT2D eigenvalue weighted by molar-refractivity contribution is 7.80. The molecule has 0 aliphatic heterocycles. The molecule has 0 bridgehead atoms. The van der Waals surface area contributed by atoms with Gasteiger partial charge in [0.15, 0.2) is 5.11 Å². The fourth-order valence-corrected chi connectivity index (χ4v) is 4.21. The number of aryl methyl sites for hydroxylation is 1. The Hall–Kier alpha value is -2.00. The first-order valence-electron chi connectivity index (χ1n) is 7.34. The minimum atomic E-state index is -0.320. The van der Waals surface area contributed by atoms with E-state index in [-0.39, 0.29) is 5.97 Å². The fourth-order valence-electron chi connectivity index (χ4n) is 2.66. The number of nitrogens with zero attached hydrogens (tertiary/aromatic N) is 3. The van der Waals surface area contributed by atoms with Gasteiger partial charge in [-0.2, -0.15) is 0 Å². The van der Waals surface area contributed by atoms with Crippen molar-refractivity contribution >= 4 is 39.6 Å². The smallest absolute Gasteiger partial charge is 0.341 e. The quantitative estimate of drug-likeness (QED) is 0.499. The Kier molecular flexibility index (Phi) is 4.87. The summed E-state index contributed by atoms with van der Waals surface area (Å²) >= 11 is 6.87. The molecule has 0 fully saturated rings. The van der Waals surface area contributed by atoms with Gasteiger partial charge in [0.25, 0.3) is 0 Å². The third kappa shape index (κ3) is 3.50. The highest BCUT2D eigenvalue weighted by Gasteiger charge is 2.25. The van der Waals surface area contributed by atoms with Crippen LogP contribution >= 0.6 is 23.6 Å². The molecule has 2 N–H and O–H groups in total. The zero-order valence-corrected chi connectivity index (χ0v) is 14.3. The summed E-state index contributed by atoms with van der Waals surface area (Å²) in [6.45, 7) is 0. The zero-order valence-electron chi connectivity index (χ0n) is 12.7. The van der Waals surface area contributed by atoms with E-state index < -0.39 is 0 Å². The Morgan fingerprint density at radius 2 is 2.04 bits per heavy atom. The molecule has 0 saturated heterocycles. The minimum absolute atomic E-state index is 0.320. The highest BCUT2D eigenvalue weighted by atomic mass is 32.1. The monoisotopic (exact) mass is 351 g/mol. The van der Waals surface area contributed by atoms with E-state index in [4.69, 9.17) is 17.0 Å². The van der Waals surface area contributed by atoms with Crippen molar-refractivity contribution in [1.82, 2.24) is 14.9 Å². The van der Waals surface area contributed by atoms with Crippen LogP contribution < -0.4 is 10.7 Å². The second-order valence-corrected chi connectivity index (χ2v) is 6.71. The first-order valence-corrected chi connectivity index (χ1v) is 8.57. The average Bonchev–Trinajstić information content (AvgIpc) is 3.09. The number of thiocarbonyl (C=S) groups is 1. The Balaban J connectivity index is 1.85. The molecule has 0 radical (unpaired) electrons. The summed E-state index contributed by atoms with van der Waals surface area (Å²) < 4.78 is 6.50. The summed E-state index contributed by atoms with van der Waals surface area (Å²) in [7, 11) is 1.40. The van der Waals surface area contributed by atoms with Gasteiger partial charge in [-0.3, -0.25) is 5.43 Å². The van der Waals surface area contributed by atoms with Gasteiger partial charge in [0.1, 0.15) is 17.7 Å². The summed E-state index contributed by atoms with van der Waals surface area (Å²) in [5, 5.41) is 11.6. The van der Waals surface area contributed by atoms with Gasteiger partial charge in [-0.25, -0.2) is 9.47 Å². The maximum absolute atomic E-state index is 12.2. The summed E-state index contributed by atoms with van der Waals surface area (Å²) in [5.74, 6) is -0.320. The predicted octanol–water partition coefficient (Wildman–Crippen LogP) is 2.34. The molecule has 1 aliphatic rings. The number of hydrogen-bond donors (Lipinski definition) is 2. The molecule has 0 saturated carbocycles. The molecule has 0 unspecified atom stereocenters. The van der Waals surface area contributed by atoms with E-state index in [9.17, 15) is 4.79 Å². The normalized spacial score (nSPS) is 13.8. The zero-order chi connectivity index (χ0) is 16.2. The molecule has 2 heterocycles. The molecule has 0 aromatic carbocycles. The van der Waals surface area contributed by atoms with Gasteiger partial charge in [0, 0.05) is 4.88 Å². The predicted molar refractivity (Wildman–Crippen MR) is 92.5 cm³/mol. The molecule has 0 spiro atoms. The van der Waals surface area contributed by atoms with Crippen molar-refractivity contribution < 1.29 is 9.53 Å². The molecule has 2 aromatic rings. The van der Waals surface area contributed by atoms with Gasteiger partial charge in [0.2, 0.25) is 0 Å². The lowest BCUT2D eigenvalue weighted by atomic mass is 10.1. The van der Waals surface area contributed by atoms with Crippen LogP contribution in [0, 0.1) is 0 Å². The SMILES string of the molecule is COC(=O)c1c(NC(=S)Nn2cnnc2)sc2c1CCCCC2. The first-order chi connectivity index (χ1) is 11.2. The van der Waals surface area contributed by atoms with E-state index in [0.29, 0.717) is 10.7 Å². The van der Waals surface area contributed by atoms with Gasteiger partial charge in [0.05, 0.1) is 12.7 Å². The number of anilines is 1. The van der Waals surface area contributed by atoms with Crippen molar-refractivity contribution in [3.8, 4) is 0 Å². The molecular formula is C14H17N5O2S2. The van der Waals surface area contributed by atoms with Gasteiger partial charge in [-0.15, -0.1) is 21.5 Å². The number of nitrogens with one attached hydrogen (secondary N) is 2. The molecule has 122 valence electrons. The minimum Gasteiger partial charge on any atom is -0.465 e. The Labute approximate surface area is 143 Å². The number of carbonyl (C=O) groups is 1. The lowest BCUT2D eigenvalue weighted by Gasteiger charge is -2.10. The van der Waals surface area contributed by atoms with E-state index >= 15 is 0 Å². The van der Waals surface area contributed by atoms with E-state index in [1.807, 2.05) is 0 Å². The first kappa shape index (κ1) is 15.9. The van der Waals surface area contributed by atoms with Gasteiger partial charge in [-0.1, -0.05) is 6.42 Å². The maximum atomic E-state index is 12.2. The molecule has 0 amide bonds. The third-order valence-electron chi connectivity index (χ3n) is 3.69. The maximum Gasteiger partial charge on any atom is 0.341 e. The number of fused-ring (bicyclic) bond motifs is 1. The molecule has 1 aliphatic carbocycles. The van der Waals surface area contributed by atoms with Crippen LogP contribution in [-0.4, -0.2) is 33.1 Å². The Morgan fingerprint density at radius 3 is 2.78 bits per heavy atom. The van der Waals surface area contributed by atoms with E-state index in [2.05, 4.69) is 20.9 Å². The third-order valence-corrected chi connectivity index (χ3v) is 5.09. The van der Waals surface area contributed by atoms with Crippen molar-refractivity contribution in [3.05, 3.63) is 28.7 Å². The van der Waals surface area contributed by atoms with Crippen LogP contribution in [0.25, 0.3) is 0 Å². The summed E-state index contributed by atoms with van der Waals surface area (Å²) in [6, 6.07) is 0. The Morgan fingerprint density at radius 1 is 1.30 bits per heavy atom. The van der Waals surface area contributed by atoms with E-state index in [1.165, 1.54) is 35.7 Å². The second-order valence-electron chi connectivity index (χ2n) is 5.20. The van der Waals surface area contributed by atoms with Crippen LogP contribution in [0.15, 0.2) is 12.7 Å². The van der Waals surface area contributed by atoms with Crippen molar-refractivity contribution in [2.45, 2.75) is 32.1 Å². The second kappa shape index (κ2) is 7.05. The number of carbonyl (C=O) groups excluding carboxylic acids is 1. The molecular weight excluding hydrogens is 334 g/mol. The summed E-state index contributed by atoms with van der Waals surface area (Å²) in [4.78, 5) is 13.5. The number of esters is 1. The number of ether oxygens (including phenoxy) is 1. The van der Waals surface area contributed by atoms with Crippen LogP contribution in [-0.2, 0) is 17.6 Å². The molecule has 7 nitrogen and oxygen atoms in total. The van der Waals surface area contributed by atoms with E-state index in [1.54, 1.807) is 11.3 Å². The largest absolute Gasteiger partial charge is 0.465 e. The lowest BCUT2D eigenvalue weighted by molar-refractivity contribution is 0.0601. The van der Waals surface area contributed by atoms with E-state index in [0.717, 1.165) is 36.2 Å². The number of hydrogen-bond acceptors (Lipinski definition) is 6. The summed E-state index contributed by atoms with van der Waals surface area (Å²) in [5.41, 5.74) is 4.63.